The number of sulfone groups is 1. The largest absolute Gasteiger partial charge is 0.506 e. The third-order valence-corrected chi connectivity index (χ3v) is 4.42. The van der Waals surface area contributed by atoms with E-state index in [-0.39, 0.29) is 5.69 Å². The average molecular weight is 297 g/mol. The minimum absolute atomic E-state index is 0.330. The third-order valence-electron chi connectivity index (χ3n) is 1.95. The second-order valence-electron chi connectivity index (χ2n) is 3.71. The van der Waals surface area contributed by atoms with Gasteiger partial charge in [-0.05, 0) is 12.1 Å². The zero-order chi connectivity index (χ0) is 14.0. The Morgan fingerprint density at radius 2 is 1.83 bits per heavy atom. The Morgan fingerprint density at radius 3 is 2.39 bits per heavy atom. The van der Waals surface area contributed by atoms with Crippen molar-refractivity contribution < 1.29 is 26.3 Å². The summed E-state index contributed by atoms with van der Waals surface area (Å²) in [4.78, 5) is 0. The predicted octanol–water partition coefficient (Wildman–Crippen LogP) is 0.318. The smallest absolute Gasteiger partial charge is 0.233 e. The molecule has 0 radical (unpaired) electrons. The van der Waals surface area contributed by atoms with E-state index >= 15 is 0 Å². The second kappa shape index (κ2) is 5.11. The van der Waals surface area contributed by atoms with Gasteiger partial charge in [0.15, 0.2) is 0 Å². The summed E-state index contributed by atoms with van der Waals surface area (Å²) in [6.45, 7) is 0. The van der Waals surface area contributed by atoms with E-state index in [4.69, 9.17) is 0 Å². The highest BCUT2D eigenvalue weighted by atomic mass is 32.2. The summed E-state index contributed by atoms with van der Waals surface area (Å²) in [7, 11) is -7.39. The lowest BCUT2D eigenvalue weighted by atomic mass is 10.3. The van der Waals surface area contributed by atoms with Crippen LogP contribution in [0.25, 0.3) is 0 Å². The van der Waals surface area contributed by atoms with Gasteiger partial charge in [0, 0.05) is 12.3 Å². The molecule has 0 aliphatic carbocycles. The minimum atomic E-state index is -3.96. The van der Waals surface area contributed by atoms with E-state index < -0.39 is 42.9 Å². The molecule has 0 bridgehead atoms. The zero-order valence-electron chi connectivity index (χ0n) is 9.42. The molecule has 1 rings (SSSR count). The number of hydrogen-bond acceptors (Lipinski definition) is 5. The normalized spacial score (nSPS) is 12.3. The number of rotatable bonds is 5. The van der Waals surface area contributed by atoms with Gasteiger partial charge in [0.2, 0.25) is 10.0 Å². The highest BCUT2D eigenvalue weighted by Crippen LogP contribution is 2.24. The summed E-state index contributed by atoms with van der Waals surface area (Å²) >= 11 is 0. The summed E-state index contributed by atoms with van der Waals surface area (Å²) in [6.07, 6.45) is 0.905. The number of nitrogens with one attached hydrogen (secondary N) is 1. The van der Waals surface area contributed by atoms with Crippen molar-refractivity contribution in [2.75, 3.05) is 22.5 Å². The summed E-state index contributed by atoms with van der Waals surface area (Å²) in [5.74, 6) is -2.40. The van der Waals surface area contributed by atoms with Gasteiger partial charge >= 0.3 is 0 Å². The van der Waals surface area contributed by atoms with Crippen LogP contribution in [0.2, 0.25) is 0 Å². The molecule has 18 heavy (non-hydrogen) atoms. The van der Waals surface area contributed by atoms with E-state index in [2.05, 4.69) is 0 Å². The zero-order valence-corrected chi connectivity index (χ0v) is 11.1. The molecule has 2 N–H and O–H groups in total. The molecule has 0 aliphatic heterocycles. The van der Waals surface area contributed by atoms with Crippen LogP contribution in [-0.4, -0.2) is 39.7 Å². The Balaban J connectivity index is 2.86. The van der Waals surface area contributed by atoms with E-state index in [1.54, 1.807) is 0 Å². The Hall–Kier alpha value is -1.35. The van der Waals surface area contributed by atoms with E-state index in [0.29, 0.717) is 0 Å². The first-order valence-corrected chi connectivity index (χ1v) is 8.47. The average Bonchev–Trinajstić information content (AvgIpc) is 2.20. The first-order chi connectivity index (χ1) is 8.09. The number of anilines is 1. The molecule has 102 valence electrons. The highest BCUT2D eigenvalue weighted by Gasteiger charge is 2.16. The van der Waals surface area contributed by atoms with Crippen molar-refractivity contribution in [2.45, 2.75) is 0 Å². The third kappa shape index (κ3) is 4.88. The molecule has 0 unspecified atom stereocenters. The number of sulfonamides is 1. The number of halogens is 1. The van der Waals surface area contributed by atoms with Gasteiger partial charge in [-0.1, -0.05) is 0 Å². The van der Waals surface area contributed by atoms with Crippen molar-refractivity contribution in [1.82, 2.24) is 0 Å². The van der Waals surface area contributed by atoms with Gasteiger partial charge in [0.05, 0.1) is 17.2 Å². The standard InChI is InChI=1S/C9H12FNO5S2/c1-17(13,14)4-5-18(15,16)11-8-6-7(10)2-3-9(8)12/h2-3,6,11-12H,4-5H2,1H3. The van der Waals surface area contributed by atoms with Gasteiger partial charge in [-0.15, -0.1) is 0 Å². The molecular formula is C9H12FNO5S2. The Bertz CT molecular complexity index is 639. The van der Waals surface area contributed by atoms with Crippen LogP contribution in [0.1, 0.15) is 0 Å². The lowest BCUT2D eigenvalue weighted by Gasteiger charge is -2.09. The molecule has 9 heteroatoms. The summed E-state index contributed by atoms with van der Waals surface area (Å²) in [6, 6.07) is 2.75. The molecule has 0 saturated heterocycles. The van der Waals surface area contributed by atoms with Crippen LogP contribution in [0, 0.1) is 5.82 Å². The van der Waals surface area contributed by atoms with Gasteiger partial charge in [-0.2, -0.15) is 0 Å². The van der Waals surface area contributed by atoms with Gasteiger partial charge in [0.1, 0.15) is 21.4 Å². The number of hydrogen-bond donors (Lipinski definition) is 2. The van der Waals surface area contributed by atoms with Crippen LogP contribution >= 0.6 is 0 Å². The fourth-order valence-corrected chi connectivity index (χ4v) is 3.76. The van der Waals surface area contributed by atoms with Gasteiger partial charge in [-0.25, -0.2) is 21.2 Å². The lowest BCUT2D eigenvalue weighted by Crippen LogP contribution is -2.22. The number of aromatic hydroxyl groups is 1. The molecule has 0 saturated carbocycles. The van der Waals surface area contributed by atoms with E-state index in [1.165, 1.54) is 0 Å². The van der Waals surface area contributed by atoms with Crippen molar-refractivity contribution in [3.05, 3.63) is 24.0 Å². The Morgan fingerprint density at radius 1 is 1.22 bits per heavy atom. The molecule has 0 amide bonds. The van der Waals surface area contributed by atoms with Crippen LogP contribution in [0.3, 0.4) is 0 Å². The topological polar surface area (TPSA) is 101 Å². The SMILES string of the molecule is CS(=O)(=O)CCS(=O)(=O)Nc1cc(F)ccc1O. The lowest BCUT2D eigenvalue weighted by molar-refractivity contribution is 0.475. The van der Waals surface area contributed by atoms with Crippen LogP contribution in [0.5, 0.6) is 5.75 Å². The predicted molar refractivity (Wildman–Crippen MR) is 65.2 cm³/mol. The molecule has 1 aromatic rings. The summed E-state index contributed by atoms with van der Waals surface area (Å²) in [5.41, 5.74) is -0.330. The maximum Gasteiger partial charge on any atom is 0.233 e. The maximum atomic E-state index is 12.9. The van der Waals surface area contributed by atoms with Crippen LogP contribution in [0.4, 0.5) is 10.1 Å². The number of phenols is 1. The van der Waals surface area contributed by atoms with Crippen LogP contribution in [-0.2, 0) is 19.9 Å². The van der Waals surface area contributed by atoms with Gasteiger partial charge in [-0.3, -0.25) is 4.72 Å². The molecule has 0 fully saturated rings. The van der Waals surface area contributed by atoms with Crippen molar-refractivity contribution in [1.29, 1.82) is 0 Å². The molecule has 1 aromatic carbocycles. The molecule has 0 aromatic heterocycles. The summed E-state index contributed by atoms with van der Waals surface area (Å²) < 4.78 is 59.5. The maximum absolute atomic E-state index is 12.9. The summed E-state index contributed by atoms with van der Waals surface area (Å²) in [5, 5.41) is 9.31. The second-order valence-corrected chi connectivity index (χ2v) is 7.81. The van der Waals surface area contributed by atoms with Crippen LogP contribution in [0.15, 0.2) is 18.2 Å². The van der Waals surface area contributed by atoms with Crippen LogP contribution < -0.4 is 4.72 Å². The van der Waals surface area contributed by atoms with Gasteiger partial charge < -0.3 is 5.11 Å². The first-order valence-electron chi connectivity index (χ1n) is 4.76. The van der Waals surface area contributed by atoms with E-state index in [9.17, 15) is 26.3 Å². The van der Waals surface area contributed by atoms with Crippen molar-refractivity contribution in [3.63, 3.8) is 0 Å². The molecular weight excluding hydrogens is 285 g/mol. The number of benzene rings is 1. The molecule has 0 heterocycles. The number of phenolic OH excluding ortho intramolecular Hbond substituents is 1. The molecule has 0 spiro atoms. The molecule has 6 nitrogen and oxygen atoms in total. The van der Waals surface area contributed by atoms with Crippen molar-refractivity contribution in [2.24, 2.45) is 0 Å². The van der Waals surface area contributed by atoms with Gasteiger partial charge in [0.25, 0.3) is 0 Å². The van der Waals surface area contributed by atoms with Crippen molar-refractivity contribution in [3.8, 4) is 5.75 Å². The first kappa shape index (κ1) is 14.7. The van der Waals surface area contributed by atoms with E-state index in [0.717, 1.165) is 24.5 Å². The molecule has 0 atom stereocenters. The quantitative estimate of drug-likeness (QED) is 0.762. The monoisotopic (exact) mass is 297 g/mol. The fraction of sp³-hybridized carbons (Fsp3) is 0.333. The minimum Gasteiger partial charge on any atom is -0.506 e. The highest BCUT2D eigenvalue weighted by molar-refractivity contribution is 7.95. The fourth-order valence-electron chi connectivity index (χ4n) is 1.07. The van der Waals surface area contributed by atoms with E-state index in [1.807, 2.05) is 4.72 Å². The Kier molecular flexibility index (Phi) is 4.17. The molecule has 0 aliphatic rings. The van der Waals surface area contributed by atoms with Crippen molar-refractivity contribution >= 4 is 25.5 Å². The Labute approximate surface area is 104 Å².